The van der Waals surface area contributed by atoms with Crippen molar-refractivity contribution < 1.29 is 5.11 Å². The molecule has 0 radical (unpaired) electrons. The van der Waals surface area contributed by atoms with Gasteiger partial charge in [-0.3, -0.25) is 4.98 Å². The van der Waals surface area contributed by atoms with Crippen molar-refractivity contribution in [2.75, 3.05) is 13.2 Å². The predicted molar refractivity (Wildman–Crippen MR) is 47.9 cm³/mol. The predicted octanol–water partition coefficient (Wildman–Crippen LogP) is 0.425. The fourth-order valence-electron chi connectivity index (χ4n) is 1.08. The maximum absolute atomic E-state index is 8.95. The normalized spacial score (nSPS) is 12.9. The molecule has 0 saturated carbocycles. The summed E-state index contributed by atoms with van der Waals surface area (Å²) in [6, 6.07) is 5.74. The zero-order valence-corrected chi connectivity index (χ0v) is 7.20. The first-order chi connectivity index (χ1) is 5.77. The van der Waals surface area contributed by atoms with Gasteiger partial charge in [0.1, 0.15) is 0 Å². The van der Waals surface area contributed by atoms with Crippen LogP contribution in [-0.2, 0) is 0 Å². The molecule has 3 heteroatoms. The molecule has 0 spiro atoms. The average molecular weight is 166 g/mol. The van der Waals surface area contributed by atoms with E-state index in [2.05, 4.69) is 4.98 Å². The smallest absolute Gasteiger partial charge is 0.0527 e. The van der Waals surface area contributed by atoms with Crippen LogP contribution in [0.3, 0.4) is 0 Å². The Morgan fingerprint density at radius 2 is 2.33 bits per heavy atom. The van der Waals surface area contributed by atoms with Crippen molar-refractivity contribution in [1.29, 1.82) is 0 Å². The van der Waals surface area contributed by atoms with Crippen LogP contribution < -0.4 is 5.73 Å². The van der Waals surface area contributed by atoms with Crippen LogP contribution in [0.25, 0.3) is 0 Å². The van der Waals surface area contributed by atoms with Crippen LogP contribution in [0.4, 0.5) is 0 Å². The van der Waals surface area contributed by atoms with Crippen LogP contribution in [0.1, 0.15) is 17.3 Å². The van der Waals surface area contributed by atoms with Gasteiger partial charge in [0, 0.05) is 23.9 Å². The second-order valence-electron chi connectivity index (χ2n) is 2.82. The van der Waals surface area contributed by atoms with Gasteiger partial charge >= 0.3 is 0 Å². The minimum Gasteiger partial charge on any atom is -0.396 e. The van der Waals surface area contributed by atoms with Crippen molar-refractivity contribution in [2.24, 2.45) is 5.73 Å². The molecule has 0 saturated heterocycles. The lowest BCUT2D eigenvalue weighted by Crippen LogP contribution is -2.17. The number of aliphatic hydroxyl groups excluding tert-OH is 1. The number of aryl methyl sites for hydroxylation is 1. The van der Waals surface area contributed by atoms with Crippen LogP contribution >= 0.6 is 0 Å². The quantitative estimate of drug-likeness (QED) is 0.684. The third kappa shape index (κ3) is 2.03. The van der Waals surface area contributed by atoms with Gasteiger partial charge in [-0.25, -0.2) is 0 Å². The van der Waals surface area contributed by atoms with Gasteiger partial charge in [-0.15, -0.1) is 0 Å². The molecule has 1 rings (SSSR count). The van der Waals surface area contributed by atoms with E-state index >= 15 is 0 Å². The summed E-state index contributed by atoms with van der Waals surface area (Å²) in [4.78, 5) is 4.28. The molecule has 3 N–H and O–H groups in total. The van der Waals surface area contributed by atoms with E-state index in [0.29, 0.717) is 6.54 Å². The molecule has 1 aromatic rings. The third-order valence-electron chi connectivity index (χ3n) is 1.83. The number of hydrogen-bond acceptors (Lipinski definition) is 3. The van der Waals surface area contributed by atoms with Crippen molar-refractivity contribution >= 4 is 0 Å². The molecule has 3 nitrogen and oxygen atoms in total. The van der Waals surface area contributed by atoms with E-state index in [1.54, 1.807) is 0 Å². The monoisotopic (exact) mass is 166 g/mol. The summed E-state index contributed by atoms with van der Waals surface area (Å²) >= 11 is 0. The van der Waals surface area contributed by atoms with Crippen LogP contribution in [0.5, 0.6) is 0 Å². The highest BCUT2D eigenvalue weighted by atomic mass is 16.3. The molecule has 0 aliphatic heterocycles. The molecule has 0 bridgehead atoms. The molecule has 0 aliphatic carbocycles. The summed E-state index contributed by atoms with van der Waals surface area (Å²) in [5, 5.41) is 8.95. The summed E-state index contributed by atoms with van der Waals surface area (Å²) in [5.41, 5.74) is 7.30. The Hall–Kier alpha value is -0.930. The summed E-state index contributed by atoms with van der Waals surface area (Å²) in [5.74, 6) is -0.0232. The second kappa shape index (κ2) is 4.18. The number of aromatic nitrogens is 1. The minimum absolute atomic E-state index is 0.0232. The van der Waals surface area contributed by atoms with Gasteiger partial charge in [0.05, 0.1) is 6.61 Å². The van der Waals surface area contributed by atoms with Gasteiger partial charge in [0.15, 0.2) is 0 Å². The van der Waals surface area contributed by atoms with E-state index in [1.165, 1.54) is 0 Å². The fraction of sp³-hybridized carbons (Fsp3) is 0.444. The summed E-state index contributed by atoms with van der Waals surface area (Å²) in [7, 11) is 0. The van der Waals surface area contributed by atoms with Crippen LogP contribution in [-0.4, -0.2) is 23.2 Å². The number of nitrogens with zero attached hydrogens (tertiary/aromatic N) is 1. The summed E-state index contributed by atoms with van der Waals surface area (Å²) < 4.78 is 0. The zero-order valence-electron chi connectivity index (χ0n) is 7.20. The molecule has 66 valence electrons. The first-order valence-electron chi connectivity index (χ1n) is 4.02. The highest BCUT2D eigenvalue weighted by Gasteiger charge is 2.08. The van der Waals surface area contributed by atoms with Gasteiger partial charge in [-0.2, -0.15) is 0 Å². The van der Waals surface area contributed by atoms with Crippen molar-refractivity contribution in [3.63, 3.8) is 0 Å². The van der Waals surface area contributed by atoms with Crippen molar-refractivity contribution in [3.8, 4) is 0 Å². The Morgan fingerprint density at radius 1 is 1.58 bits per heavy atom. The average Bonchev–Trinajstić information content (AvgIpc) is 2.07. The molecule has 1 aromatic heterocycles. The molecule has 1 unspecified atom stereocenters. The van der Waals surface area contributed by atoms with Gasteiger partial charge in [-0.1, -0.05) is 6.07 Å². The van der Waals surface area contributed by atoms with Crippen LogP contribution in [0.15, 0.2) is 18.2 Å². The van der Waals surface area contributed by atoms with Gasteiger partial charge in [0.25, 0.3) is 0 Å². The van der Waals surface area contributed by atoms with Gasteiger partial charge < -0.3 is 10.8 Å². The van der Waals surface area contributed by atoms with Crippen molar-refractivity contribution in [1.82, 2.24) is 4.98 Å². The maximum atomic E-state index is 8.95. The lowest BCUT2D eigenvalue weighted by atomic mass is 10.1. The Labute approximate surface area is 72.2 Å². The number of hydrogen-bond donors (Lipinski definition) is 2. The first-order valence-corrected chi connectivity index (χ1v) is 4.02. The highest BCUT2D eigenvalue weighted by molar-refractivity contribution is 5.14. The minimum atomic E-state index is -0.0232. The van der Waals surface area contributed by atoms with E-state index in [0.717, 1.165) is 11.4 Å². The largest absolute Gasteiger partial charge is 0.396 e. The highest BCUT2D eigenvalue weighted by Crippen LogP contribution is 2.10. The molecular formula is C9H14N2O. The molecule has 0 aliphatic rings. The van der Waals surface area contributed by atoms with E-state index in [-0.39, 0.29) is 12.5 Å². The molecule has 1 heterocycles. The lowest BCUT2D eigenvalue weighted by Gasteiger charge is -2.10. The zero-order chi connectivity index (χ0) is 8.97. The van der Waals surface area contributed by atoms with Crippen molar-refractivity contribution in [2.45, 2.75) is 12.8 Å². The number of nitrogens with two attached hydrogens (primary N) is 1. The van der Waals surface area contributed by atoms with Crippen molar-refractivity contribution in [3.05, 3.63) is 29.6 Å². The number of rotatable bonds is 3. The summed E-state index contributed by atoms with van der Waals surface area (Å²) in [6.45, 7) is 2.42. The number of pyridine rings is 1. The second-order valence-corrected chi connectivity index (χ2v) is 2.82. The Morgan fingerprint density at radius 3 is 2.83 bits per heavy atom. The Balaban J connectivity index is 2.85. The molecule has 0 aromatic carbocycles. The third-order valence-corrected chi connectivity index (χ3v) is 1.83. The molecule has 12 heavy (non-hydrogen) atoms. The molecule has 0 fully saturated rings. The topological polar surface area (TPSA) is 59.1 Å². The van der Waals surface area contributed by atoms with Crippen LogP contribution in [0.2, 0.25) is 0 Å². The van der Waals surface area contributed by atoms with Gasteiger partial charge in [0.2, 0.25) is 0 Å². The molecule has 0 amide bonds. The lowest BCUT2D eigenvalue weighted by molar-refractivity contribution is 0.265. The maximum Gasteiger partial charge on any atom is 0.0527 e. The Bertz CT molecular complexity index is 246. The summed E-state index contributed by atoms with van der Waals surface area (Å²) in [6.07, 6.45) is 0. The van der Waals surface area contributed by atoms with E-state index in [9.17, 15) is 0 Å². The fourth-order valence-corrected chi connectivity index (χ4v) is 1.08. The molecular weight excluding hydrogens is 152 g/mol. The van der Waals surface area contributed by atoms with E-state index < -0.39 is 0 Å². The van der Waals surface area contributed by atoms with E-state index in [4.69, 9.17) is 10.8 Å². The first kappa shape index (κ1) is 9.16. The standard InChI is InChI=1S/C9H14N2O/c1-7-3-2-4-9(11-7)8(5-10)6-12/h2-4,8,12H,5-6,10H2,1H3. The SMILES string of the molecule is Cc1cccc(C(CN)CO)n1. The van der Waals surface area contributed by atoms with Crippen LogP contribution in [0, 0.1) is 6.92 Å². The van der Waals surface area contributed by atoms with Gasteiger partial charge in [-0.05, 0) is 19.1 Å². The number of aliphatic hydroxyl groups is 1. The Kier molecular flexibility index (Phi) is 3.19. The molecule has 1 atom stereocenters. The van der Waals surface area contributed by atoms with E-state index in [1.807, 2.05) is 25.1 Å².